The SMILES string of the molecule is CC(C)(C)C(=O)NNc1cc(I)ccn1. The Balaban J connectivity index is 2.55. The molecule has 0 aromatic carbocycles. The van der Waals surface area contributed by atoms with Crippen LogP contribution in [0.3, 0.4) is 0 Å². The summed E-state index contributed by atoms with van der Waals surface area (Å²) in [7, 11) is 0. The van der Waals surface area contributed by atoms with Crippen molar-refractivity contribution in [3.05, 3.63) is 21.9 Å². The summed E-state index contributed by atoms with van der Waals surface area (Å²) in [5, 5.41) is 0. The fourth-order valence-corrected chi connectivity index (χ4v) is 1.24. The number of nitrogens with zero attached hydrogens (tertiary/aromatic N) is 1. The first-order chi connectivity index (χ1) is 6.89. The van der Waals surface area contributed by atoms with E-state index >= 15 is 0 Å². The van der Waals surface area contributed by atoms with Crippen molar-refractivity contribution in [2.45, 2.75) is 20.8 Å². The maximum atomic E-state index is 11.5. The largest absolute Gasteiger partial charge is 0.282 e. The molecule has 0 aliphatic carbocycles. The fraction of sp³-hybridized carbons (Fsp3) is 0.400. The molecule has 0 spiro atoms. The van der Waals surface area contributed by atoms with Gasteiger partial charge in [-0.15, -0.1) is 0 Å². The van der Waals surface area contributed by atoms with Crippen LogP contribution < -0.4 is 10.9 Å². The summed E-state index contributed by atoms with van der Waals surface area (Å²) >= 11 is 2.19. The number of nitrogens with one attached hydrogen (secondary N) is 2. The number of pyridine rings is 1. The van der Waals surface area contributed by atoms with Crippen molar-refractivity contribution in [1.82, 2.24) is 10.4 Å². The van der Waals surface area contributed by atoms with Gasteiger partial charge >= 0.3 is 0 Å². The molecule has 2 N–H and O–H groups in total. The monoisotopic (exact) mass is 319 g/mol. The molecule has 1 amide bonds. The highest BCUT2D eigenvalue weighted by atomic mass is 127. The van der Waals surface area contributed by atoms with Crippen LogP contribution in [-0.4, -0.2) is 10.9 Å². The van der Waals surface area contributed by atoms with Gasteiger partial charge in [0.2, 0.25) is 5.91 Å². The second-order valence-electron chi connectivity index (χ2n) is 4.19. The Kier molecular flexibility index (Phi) is 3.90. The molecule has 0 saturated carbocycles. The standard InChI is InChI=1S/C10H14IN3O/c1-10(2,3)9(15)14-13-8-6-7(11)4-5-12-8/h4-6H,1-3H3,(H,12,13)(H,14,15). The minimum Gasteiger partial charge on any atom is -0.282 e. The molecule has 1 heterocycles. The lowest BCUT2D eigenvalue weighted by atomic mass is 9.96. The number of amides is 1. The zero-order chi connectivity index (χ0) is 11.5. The lowest BCUT2D eigenvalue weighted by molar-refractivity contribution is -0.127. The van der Waals surface area contributed by atoms with E-state index in [1.54, 1.807) is 6.20 Å². The van der Waals surface area contributed by atoms with Crippen molar-refractivity contribution in [3.63, 3.8) is 0 Å². The topological polar surface area (TPSA) is 54.0 Å². The van der Waals surface area contributed by atoms with E-state index in [4.69, 9.17) is 0 Å². The van der Waals surface area contributed by atoms with Crippen LogP contribution in [-0.2, 0) is 4.79 Å². The number of carbonyl (C=O) groups is 1. The molecule has 1 aromatic rings. The number of halogens is 1. The van der Waals surface area contributed by atoms with Crippen molar-refractivity contribution >= 4 is 34.3 Å². The third-order valence-corrected chi connectivity index (χ3v) is 2.38. The molecule has 5 heteroatoms. The van der Waals surface area contributed by atoms with Gasteiger partial charge in [0.15, 0.2) is 0 Å². The highest BCUT2D eigenvalue weighted by Gasteiger charge is 2.20. The summed E-state index contributed by atoms with van der Waals surface area (Å²) in [6.07, 6.45) is 1.69. The average Bonchev–Trinajstić information content (AvgIpc) is 2.12. The number of rotatable bonds is 2. The molecule has 0 saturated heterocycles. The molecule has 0 aliphatic rings. The number of carbonyl (C=O) groups excluding carboxylic acids is 1. The van der Waals surface area contributed by atoms with E-state index in [0.717, 1.165) is 3.57 Å². The van der Waals surface area contributed by atoms with Crippen LogP contribution in [0.1, 0.15) is 20.8 Å². The summed E-state index contributed by atoms with van der Waals surface area (Å²) in [5.74, 6) is 0.572. The Morgan fingerprint density at radius 3 is 2.67 bits per heavy atom. The average molecular weight is 319 g/mol. The fourth-order valence-electron chi connectivity index (χ4n) is 0.781. The van der Waals surface area contributed by atoms with E-state index in [9.17, 15) is 4.79 Å². The summed E-state index contributed by atoms with van der Waals surface area (Å²) in [4.78, 5) is 15.6. The van der Waals surface area contributed by atoms with Crippen LogP contribution in [0.25, 0.3) is 0 Å². The highest BCUT2D eigenvalue weighted by molar-refractivity contribution is 14.1. The molecule has 0 bridgehead atoms. The van der Waals surface area contributed by atoms with Crippen molar-refractivity contribution in [2.24, 2.45) is 5.41 Å². The van der Waals surface area contributed by atoms with Crippen LogP contribution in [0, 0.1) is 8.99 Å². The van der Waals surface area contributed by atoms with E-state index in [2.05, 4.69) is 38.4 Å². The Labute approximate surface area is 103 Å². The Bertz CT molecular complexity index is 360. The van der Waals surface area contributed by atoms with E-state index in [1.807, 2.05) is 32.9 Å². The van der Waals surface area contributed by atoms with Gasteiger partial charge < -0.3 is 0 Å². The van der Waals surface area contributed by atoms with Gasteiger partial charge in [0.25, 0.3) is 0 Å². The summed E-state index contributed by atoms with van der Waals surface area (Å²) in [6, 6.07) is 3.74. The zero-order valence-corrected chi connectivity index (χ0v) is 11.1. The van der Waals surface area contributed by atoms with Crippen molar-refractivity contribution < 1.29 is 4.79 Å². The predicted molar refractivity (Wildman–Crippen MR) is 68.2 cm³/mol. The van der Waals surface area contributed by atoms with Gasteiger partial charge in [0.1, 0.15) is 5.82 Å². The number of hydrogen-bond acceptors (Lipinski definition) is 3. The normalized spacial score (nSPS) is 10.9. The van der Waals surface area contributed by atoms with Crippen LogP contribution in [0.4, 0.5) is 5.82 Å². The highest BCUT2D eigenvalue weighted by Crippen LogP contribution is 2.13. The maximum Gasteiger partial charge on any atom is 0.243 e. The summed E-state index contributed by atoms with van der Waals surface area (Å²) in [5.41, 5.74) is 4.98. The first kappa shape index (κ1) is 12.2. The number of anilines is 1. The van der Waals surface area contributed by atoms with Gasteiger partial charge in [-0.05, 0) is 34.7 Å². The minimum absolute atomic E-state index is 0.0665. The molecular weight excluding hydrogens is 305 g/mol. The van der Waals surface area contributed by atoms with Crippen LogP contribution >= 0.6 is 22.6 Å². The number of hydrazine groups is 1. The zero-order valence-electron chi connectivity index (χ0n) is 8.97. The first-order valence-corrected chi connectivity index (χ1v) is 5.65. The van der Waals surface area contributed by atoms with Crippen LogP contribution in [0.2, 0.25) is 0 Å². The molecule has 0 aliphatic heterocycles. The first-order valence-electron chi connectivity index (χ1n) is 4.57. The molecular formula is C10H14IN3O. The lowest BCUT2D eigenvalue weighted by Crippen LogP contribution is -2.38. The van der Waals surface area contributed by atoms with Gasteiger partial charge in [-0.25, -0.2) is 4.98 Å². The Hall–Kier alpha value is -0.850. The minimum atomic E-state index is -0.408. The third-order valence-electron chi connectivity index (χ3n) is 1.71. The van der Waals surface area contributed by atoms with Gasteiger partial charge in [-0.3, -0.25) is 15.6 Å². The number of aromatic nitrogens is 1. The molecule has 1 rings (SSSR count). The van der Waals surface area contributed by atoms with E-state index in [-0.39, 0.29) is 5.91 Å². The number of hydrogen-bond donors (Lipinski definition) is 2. The molecule has 0 fully saturated rings. The quantitative estimate of drug-likeness (QED) is 0.649. The van der Waals surface area contributed by atoms with Gasteiger partial charge in [-0.1, -0.05) is 20.8 Å². The molecule has 1 aromatic heterocycles. The predicted octanol–water partition coefficient (Wildman–Crippen LogP) is 2.18. The lowest BCUT2D eigenvalue weighted by Gasteiger charge is -2.18. The van der Waals surface area contributed by atoms with Gasteiger partial charge in [-0.2, -0.15) is 0 Å². The van der Waals surface area contributed by atoms with Gasteiger partial charge in [0, 0.05) is 15.2 Å². The molecule has 0 unspecified atom stereocenters. The molecule has 4 nitrogen and oxygen atoms in total. The van der Waals surface area contributed by atoms with E-state index in [1.165, 1.54) is 0 Å². The molecule has 15 heavy (non-hydrogen) atoms. The van der Waals surface area contributed by atoms with Crippen LogP contribution in [0.15, 0.2) is 18.3 Å². The second-order valence-corrected chi connectivity index (χ2v) is 5.43. The smallest absolute Gasteiger partial charge is 0.243 e. The van der Waals surface area contributed by atoms with Crippen molar-refractivity contribution in [2.75, 3.05) is 5.43 Å². The van der Waals surface area contributed by atoms with Crippen molar-refractivity contribution in [1.29, 1.82) is 0 Å². The summed E-state index contributed by atoms with van der Waals surface area (Å²) in [6.45, 7) is 5.56. The third kappa shape index (κ3) is 4.03. The van der Waals surface area contributed by atoms with Crippen molar-refractivity contribution in [3.8, 4) is 0 Å². The maximum absolute atomic E-state index is 11.5. The van der Waals surface area contributed by atoms with E-state index in [0.29, 0.717) is 5.82 Å². The van der Waals surface area contributed by atoms with E-state index < -0.39 is 5.41 Å². The second kappa shape index (κ2) is 4.78. The molecule has 0 atom stereocenters. The Morgan fingerprint density at radius 2 is 2.13 bits per heavy atom. The molecule has 82 valence electrons. The van der Waals surface area contributed by atoms with Gasteiger partial charge in [0.05, 0.1) is 0 Å². The Morgan fingerprint density at radius 1 is 1.47 bits per heavy atom. The summed E-state index contributed by atoms with van der Waals surface area (Å²) < 4.78 is 1.06. The van der Waals surface area contributed by atoms with Crippen LogP contribution in [0.5, 0.6) is 0 Å². The molecule has 0 radical (unpaired) electrons.